The van der Waals surface area contributed by atoms with Crippen molar-refractivity contribution in [2.24, 2.45) is 0 Å². The summed E-state index contributed by atoms with van der Waals surface area (Å²) in [6.07, 6.45) is 6.28. The number of aliphatic carboxylic acids is 1. The largest absolute Gasteiger partial charge is 0.494 e. The fourth-order valence-electron chi connectivity index (χ4n) is 2.93. The molecule has 0 aromatic heterocycles. The van der Waals surface area contributed by atoms with E-state index in [1.807, 2.05) is 19.0 Å². The van der Waals surface area contributed by atoms with Gasteiger partial charge in [0.15, 0.2) is 0 Å². The van der Waals surface area contributed by atoms with Crippen LogP contribution in [-0.2, 0) is 9.59 Å². The van der Waals surface area contributed by atoms with Gasteiger partial charge in [-0.2, -0.15) is 0 Å². The fourth-order valence-corrected chi connectivity index (χ4v) is 2.93. The lowest BCUT2D eigenvalue weighted by atomic mass is 10.1. The number of carbonyl (C=O) groups excluding carboxylic acids is 1. The second-order valence-electron chi connectivity index (χ2n) is 7.30. The molecule has 0 spiro atoms. The van der Waals surface area contributed by atoms with Crippen LogP contribution in [0.25, 0.3) is 0 Å². The number of nitrogens with zero attached hydrogens (tertiary/aromatic N) is 1. The maximum atomic E-state index is 12.8. The molecule has 1 aromatic rings. The molecule has 1 rings (SSSR count). The third-order valence-electron chi connectivity index (χ3n) is 4.25. The third kappa shape index (κ3) is 12.3. The Bertz CT molecular complexity index is 578. The second-order valence-corrected chi connectivity index (χ2v) is 7.30. The molecule has 7 heteroatoms. The van der Waals surface area contributed by atoms with Gasteiger partial charge in [0.2, 0.25) is 5.91 Å². The van der Waals surface area contributed by atoms with Gasteiger partial charge >= 0.3 is 5.97 Å². The third-order valence-corrected chi connectivity index (χ3v) is 4.25. The first-order valence-electron chi connectivity index (χ1n) is 9.91. The molecule has 2 N–H and O–H groups in total. The predicted molar refractivity (Wildman–Crippen MR) is 107 cm³/mol. The molecule has 0 bridgehead atoms. The van der Waals surface area contributed by atoms with Gasteiger partial charge in [0.1, 0.15) is 11.6 Å². The lowest BCUT2D eigenvalue weighted by molar-refractivity contribution is -0.137. The van der Waals surface area contributed by atoms with Gasteiger partial charge in [0, 0.05) is 13.0 Å². The van der Waals surface area contributed by atoms with Crippen molar-refractivity contribution in [3.63, 3.8) is 0 Å². The van der Waals surface area contributed by atoms with E-state index in [-0.39, 0.29) is 24.2 Å². The molecule has 1 aromatic carbocycles. The highest BCUT2D eigenvalue weighted by Gasteiger charge is 2.16. The summed E-state index contributed by atoms with van der Waals surface area (Å²) in [5.41, 5.74) is 0. The number of unbranched alkanes of at least 4 members (excludes halogenated alkanes) is 5. The number of carboxylic acids is 1. The number of rotatable bonds is 15. The number of halogens is 1. The monoisotopic (exact) mass is 396 g/mol. The minimum Gasteiger partial charge on any atom is -0.494 e. The Morgan fingerprint density at radius 2 is 1.68 bits per heavy atom. The number of benzene rings is 1. The van der Waals surface area contributed by atoms with Crippen molar-refractivity contribution in [2.45, 2.75) is 57.4 Å². The van der Waals surface area contributed by atoms with Crippen LogP contribution in [0.2, 0.25) is 0 Å². The molecular formula is C21H33FN2O4. The molecule has 1 amide bonds. The molecule has 0 aliphatic carbocycles. The van der Waals surface area contributed by atoms with Gasteiger partial charge in [-0.3, -0.25) is 9.59 Å². The van der Waals surface area contributed by atoms with E-state index in [4.69, 9.17) is 9.84 Å². The normalized spacial score (nSPS) is 12.0. The van der Waals surface area contributed by atoms with Gasteiger partial charge in [-0.1, -0.05) is 25.7 Å². The smallest absolute Gasteiger partial charge is 0.305 e. The summed E-state index contributed by atoms with van der Waals surface area (Å²) in [5, 5.41) is 11.7. The molecule has 0 aliphatic rings. The number of carboxylic acid groups (broad SMARTS) is 1. The Morgan fingerprint density at radius 1 is 1.07 bits per heavy atom. The van der Waals surface area contributed by atoms with Crippen LogP contribution in [0.1, 0.15) is 51.4 Å². The molecule has 1 atom stereocenters. The Balaban J connectivity index is 2.02. The maximum Gasteiger partial charge on any atom is 0.305 e. The Labute approximate surface area is 167 Å². The van der Waals surface area contributed by atoms with Gasteiger partial charge in [0.05, 0.1) is 19.1 Å². The standard InChI is InChI=1S/C21H33FN2O4/c1-24(2)16-18(15-21(26)27)23-20(25)9-7-5-3-4-6-8-14-28-19-12-10-17(22)11-13-19/h10-13,18H,3-9,14-16H2,1-2H3,(H,23,25)(H,26,27)/t18-/m1/s1. The first-order valence-corrected chi connectivity index (χ1v) is 9.91. The molecule has 158 valence electrons. The molecule has 0 unspecified atom stereocenters. The minimum absolute atomic E-state index is 0.0656. The zero-order valence-electron chi connectivity index (χ0n) is 17.0. The molecule has 0 heterocycles. The number of carbonyl (C=O) groups is 2. The van der Waals surface area contributed by atoms with Gasteiger partial charge < -0.3 is 20.1 Å². The van der Waals surface area contributed by atoms with Crippen LogP contribution >= 0.6 is 0 Å². The van der Waals surface area contributed by atoms with Crippen molar-refractivity contribution >= 4 is 11.9 Å². The van der Waals surface area contributed by atoms with Crippen molar-refractivity contribution in [2.75, 3.05) is 27.2 Å². The number of ether oxygens (including phenoxy) is 1. The average molecular weight is 397 g/mol. The Kier molecular flexibility index (Phi) is 11.9. The Hall–Kier alpha value is -2.15. The first kappa shape index (κ1) is 23.9. The van der Waals surface area contributed by atoms with Crippen molar-refractivity contribution in [1.82, 2.24) is 10.2 Å². The number of nitrogens with one attached hydrogen (secondary N) is 1. The van der Waals surface area contributed by atoms with Crippen molar-refractivity contribution in [1.29, 1.82) is 0 Å². The second kappa shape index (κ2) is 13.9. The van der Waals surface area contributed by atoms with E-state index < -0.39 is 5.97 Å². The predicted octanol–water partition coefficient (Wildman–Crippen LogP) is 3.46. The van der Waals surface area contributed by atoms with Crippen LogP contribution in [-0.4, -0.2) is 55.2 Å². The van der Waals surface area contributed by atoms with Crippen LogP contribution < -0.4 is 10.1 Å². The van der Waals surface area contributed by atoms with E-state index in [0.717, 1.165) is 38.5 Å². The van der Waals surface area contributed by atoms with Gasteiger partial charge in [-0.25, -0.2) is 4.39 Å². The molecular weight excluding hydrogens is 363 g/mol. The van der Waals surface area contributed by atoms with E-state index in [1.165, 1.54) is 12.1 Å². The van der Waals surface area contributed by atoms with Gasteiger partial charge in [-0.15, -0.1) is 0 Å². The lowest BCUT2D eigenvalue weighted by Crippen LogP contribution is -2.42. The highest BCUT2D eigenvalue weighted by atomic mass is 19.1. The number of hydrogen-bond acceptors (Lipinski definition) is 4. The van der Waals surface area contributed by atoms with Crippen LogP contribution in [0, 0.1) is 5.82 Å². The van der Waals surface area contributed by atoms with Crippen molar-refractivity contribution in [3.05, 3.63) is 30.1 Å². The SMILES string of the molecule is CN(C)C[C@@H](CC(=O)O)NC(=O)CCCCCCCCOc1ccc(F)cc1. The number of likely N-dealkylation sites (N-methyl/N-ethyl adjacent to an activating group) is 1. The van der Waals surface area contributed by atoms with E-state index in [9.17, 15) is 14.0 Å². The van der Waals surface area contributed by atoms with Crippen LogP contribution in [0.15, 0.2) is 24.3 Å². The molecule has 0 saturated heterocycles. The summed E-state index contributed by atoms with van der Waals surface area (Å²) in [6, 6.07) is 5.66. The van der Waals surface area contributed by atoms with E-state index in [0.29, 0.717) is 25.3 Å². The van der Waals surface area contributed by atoms with Crippen molar-refractivity contribution < 1.29 is 23.8 Å². The fraction of sp³-hybridized carbons (Fsp3) is 0.619. The minimum atomic E-state index is -0.907. The molecule has 0 radical (unpaired) electrons. The molecule has 0 saturated carbocycles. The van der Waals surface area contributed by atoms with Gasteiger partial charge in [-0.05, 0) is 51.2 Å². The first-order chi connectivity index (χ1) is 13.4. The number of amides is 1. The van der Waals surface area contributed by atoms with Crippen LogP contribution in [0.3, 0.4) is 0 Å². The Morgan fingerprint density at radius 3 is 2.29 bits per heavy atom. The summed E-state index contributed by atoms with van der Waals surface area (Å²) in [6.45, 7) is 1.13. The zero-order chi connectivity index (χ0) is 20.8. The highest BCUT2D eigenvalue weighted by molar-refractivity contribution is 5.77. The van der Waals surface area contributed by atoms with Crippen LogP contribution in [0.4, 0.5) is 4.39 Å². The summed E-state index contributed by atoms with van der Waals surface area (Å²) in [4.78, 5) is 24.7. The average Bonchev–Trinajstić information content (AvgIpc) is 2.60. The zero-order valence-corrected chi connectivity index (χ0v) is 17.0. The van der Waals surface area contributed by atoms with E-state index >= 15 is 0 Å². The summed E-state index contributed by atoms with van der Waals surface area (Å²) >= 11 is 0. The topological polar surface area (TPSA) is 78.9 Å². The summed E-state index contributed by atoms with van der Waals surface area (Å²) in [5.74, 6) is -0.574. The maximum absolute atomic E-state index is 12.8. The summed E-state index contributed by atoms with van der Waals surface area (Å²) in [7, 11) is 3.71. The number of hydrogen-bond donors (Lipinski definition) is 2. The molecule has 0 aliphatic heterocycles. The highest BCUT2D eigenvalue weighted by Crippen LogP contribution is 2.12. The van der Waals surface area contributed by atoms with E-state index in [1.54, 1.807) is 12.1 Å². The van der Waals surface area contributed by atoms with Crippen molar-refractivity contribution in [3.8, 4) is 5.75 Å². The van der Waals surface area contributed by atoms with Crippen LogP contribution in [0.5, 0.6) is 5.75 Å². The molecule has 28 heavy (non-hydrogen) atoms. The van der Waals surface area contributed by atoms with E-state index in [2.05, 4.69) is 5.32 Å². The molecule has 0 fully saturated rings. The molecule has 6 nitrogen and oxygen atoms in total. The summed E-state index contributed by atoms with van der Waals surface area (Å²) < 4.78 is 18.3. The quantitative estimate of drug-likeness (QED) is 0.444. The lowest BCUT2D eigenvalue weighted by Gasteiger charge is -2.20. The van der Waals surface area contributed by atoms with Gasteiger partial charge in [0.25, 0.3) is 0 Å².